The summed E-state index contributed by atoms with van der Waals surface area (Å²) in [6.07, 6.45) is 1.24. The number of halogens is 1. The summed E-state index contributed by atoms with van der Waals surface area (Å²) in [4.78, 5) is 10.3. The SMILES string of the molecule is COc1cccc(Br)c1CC=O. The number of aldehydes is 1. The van der Waals surface area contributed by atoms with Gasteiger partial charge in [-0.25, -0.2) is 0 Å². The van der Waals surface area contributed by atoms with Crippen molar-refractivity contribution in [3.63, 3.8) is 0 Å². The molecule has 2 nitrogen and oxygen atoms in total. The first kappa shape index (κ1) is 9.26. The van der Waals surface area contributed by atoms with Crippen LogP contribution in [0.15, 0.2) is 22.7 Å². The van der Waals surface area contributed by atoms with Crippen LogP contribution in [0, 0.1) is 0 Å². The van der Waals surface area contributed by atoms with Crippen LogP contribution < -0.4 is 4.74 Å². The number of methoxy groups -OCH3 is 1. The van der Waals surface area contributed by atoms with Crippen molar-refractivity contribution in [2.24, 2.45) is 0 Å². The predicted octanol–water partition coefficient (Wildman–Crippen LogP) is 2.20. The number of hydrogen-bond donors (Lipinski definition) is 0. The van der Waals surface area contributed by atoms with Crippen LogP contribution in [0.2, 0.25) is 0 Å². The second kappa shape index (κ2) is 4.26. The largest absolute Gasteiger partial charge is 0.496 e. The molecule has 0 saturated heterocycles. The molecule has 64 valence electrons. The maximum atomic E-state index is 10.3. The van der Waals surface area contributed by atoms with Crippen molar-refractivity contribution in [3.05, 3.63) is 28.2 Å². The molecule has 0 saturated carbocycles. The molecule has 0 aliphatic heterocycles. The summed E-state index contributed by atoms with van der Waals surface area (Å²) < 4.78 is 6.00. The van der Waals surface area contributed by atoms with Gasteiger partial charge in [0.25, 0.3) is 0 Å². The van der Waals surface area contributed by atoms with E-state index in [1.54, 1.807) is 7.11 Å². The third-order valence-electron chi connectivity index (χ3n) is 1.58. The zero-order chi connectivity index (χ0) is 8.97. The van der Waals surface area contributed by atoms with Gasteiger partial charge in [-0.1, -0.05) is 22.0 Å². The number of rotatable bonds is 3. The van der Waals surface area contributed by atoms with Crippen molar-refractivity contribution in [3.8, 4) is 5.75 Å². The molecule has 3 heteroatoms. The molecule has 0 amide bonds. The normalized spacial score (nSPS) is 9.50. The molecule has 0 fully saturated rings. The summed E-state index contributed by atoms with van der Waals surface area (Å²) in [6, 6.07) is 5.60. The molecule has 0 bridgehead atoms. The van der Waals surface area contributed by atoms with Gasteiger partial charge in [-0.2, -0.15) is 0 Å². The summed E-state index contributed by atoms with van der Waals surface area (Å²) >= 11 is 3.35. The Balaban J connectivity index is 3.10. The lowest BCUT2D eigenvalue weighted by Gasteiger charge is -2.06. The summed E-state index contributed by atoms with van der Waals surface area (Å²) in [5, 5.41) is 0. The molecule has 0 heterocycles. The Morgan fingerprint density at radius 1 is 1.58 bits per heavy atom. The van der Waals surface area contributed by atoms with E-state index in [0.717, 1.165) is 22.1 Å². The molecule has 0 N–H and O–H groups in total. The Morgan fingerprint density at radius 2 is 2.33 bits per heavy atom. The highest BCUT2D eigenvalue weighted by Gasteiger charge is 2.05. The lowest BCUT2D eigenvalue weighted by Crippen LogP contribution is -1.93. The van der Waals surface area contributed by atoms with Crippen LogP contribution in [0.25, 0.3) is 0 Å². The monoisotopic (exact) mass is 228 g/mol. The van der Waals surface area contributed by atoms with Gasteiger partial charge in [0.15, 0.2) is 0 Å². The molecular weight excluding hydrogens is 220 g/mol. The van der Waals surface area contributed by atoms with Gasteiger partial charge in [0.05, 0.1) is 7.11 Å². The lowest BCUT2D eigenvalue weighted by atomic mass is 10.1. The van der Waals surface area contributed by atoms with Gasteiger partial charge in [0, 0.05) is 16.5 Å². The zero-order valence-corrected chi connectivity index (χ0v) is 8.30. The molecule has 0 aliphatic carbocycles. The summed E-state index contributed by atoms with van der Waals surface area (Å²) in [5.41, 5.74) is 0.898. The van der Waals surface area contributed by atoms with Crippen molar-refractivity contribution < 1.29 is 9.53 Å². The van der Waals surface area contributed by atoms with Crippen molar-refractivity contribution in [1.82, 2.24) is 0 Å². The molecule has 0 atom stereocenters. The van der Waals surface area contributed by atoms with Crippen LogP contribution in [0.1, 0.15) is 5.56 Å². The molecule has 0 aromatic heterocycles. The minimum atomic E-state index is 0.380. The Hall–Kier alpha value is -0.830. The van der Waals surface area contributed by atoms with Crippen LogP contribution in [0.3, 0.4) is 0 Å². The van der Waals surface area contributed by atoms with Crippen molar-refractivity contribution in [2.75, 3.05) is 7.11 Å². The third-order valence-corrected chi connectivity index (χ3v) is 2.33. The van der Waals surface area contributed by atoms with E-state index >= 15 is 0 Å². The minimum absolute atomic E-state index is 0.380. The quantitative estimate of drug-likeness (QED) is 0.742. The van der Waals surface area contributed by atoms with E-state index < -0.39 is 0 Å². The number of carbonyl (C=O) groups is 1. The van der Waals surface area contributed by atoms with Gasteiger partial charge in [-0.15, -0.1) is 0 Å². The fourth-order valence-corrected chi connectivity index (χ4v) is 1.52. The second-order valence-corrected chi connectivity index (χ2v) is 3.15. The molecule has 12 heavy (non-hydrogen) atoms. The van der Waals surface area contributed by atoms with E-state index in [2.05, 4.69) is 15.9 Å². The first-order valence-corrected chi connectivity index (χ1v) is 4.34. The average molecular weight is 229 g/mol. The van der Waals surface area contributed by atoms with E-state index in [4.69, 9.17) is 4.74 Å². The summed E-state index contributed by atoms with van der Waals surface area (Å²) in [5.74, 6) is 0.747. The van der Waals surface area contributed by atoms with Gasteiger partial charge >= 0.3 is 0 Å². The van der Waals surface area contributed by atoms with Crippen LogP contribution >= 0.6 is 15.9 Å². The fourth-order valence-electron chi connectivity index (χ4n) is 1.01. The average Bonchev–Trinajstić information content (AvgIpc) is 2.09. The van der Waals surface area contributed by atoms with E-state index in [-0.39, 0.29) is 0 Å². The summed E-state index contributed by atoms with van der Waals surface area (Å²) in [7, 11) is 1.59. The van der Waals surface area contributed by atoms with Gasteiger partial charge in [0.2, 0.25) is 0 Å². The number of carbonyl (C=O) groups excluding carboxylic acids is 1. The predicted molar refractivity (Wildman–Crippen MR) is 50.5 cm³/mol. The van der Waals surface area contributed by atoms with Gasteiger partial charge in [0.1, 0.15) is 12.0 Å². The number of ether oxygens (including phenoxy) is 1. The summed E-state index contributed by atoms with van der Waals surface area (Å²) in [6.45, 7) is 0. The molecule has 1 aromatic carbocycles. The van der Waals surface area contributed by atoms with Gasteiger partial charge in [-0.3, -0.25) is 0 Å². The molecule has 0 spiro atoms. The Kier molecular flexibility index (Phi) is 3.29. The number of benzene rings is 1. The molecule has 0 aliphatic rings. The van der Waals surface area contributed by atoms with Gasteiger partial charge < -0.3 is 9.53 Å². The maximum Gasteiger partial charge on any atom is 0.124 e. The molecule has 1 aromatic rings. The Labute approximate surface area is 79.7 Å². The smallest absolute Gasteiger partial charge is 0.124 e. The van der Waals surface area contributed by atoms with Crippen molar-refractivity contribution in [2.45, 2.75) is 6.42 Å². The van der Waals surface area contributed by atoms with Crippen LogP contribution in [-0.2, 0) is 11.2 Å². The first-order chi connectivity index (χ1) is 5.79. The van der Waals surface area contributed by atoms with E-state index in [9.17, 15) is 4.79 Å². The molecule has 0 radical (unpaired) electrons. The fraction of sp³-hybridized carbons (Fsp3) is 0.222. The number of hydrogen-bond acceptors (Lipinski definition) is 2. The third kappa shape index (κ3) is 1.85. The molecular formula is C9H9BrO2. The van der Waals surface area contributed by atoms with Crippen LogP contribution in [0.5, 0.6) is 5.75 Å². The van der Waals surface area contributed by atoms with Crippen molar-refractivity contribution >= 4 is 22.2 Å². The minimum Gasteiger partial charge on any atom is -0.496 e. The molecule has 1 rings (SSSR count). The standard InChI is InChI=1S/C9H9BrO2/c1-12-9-4-2-3-8(10)7(9)5-6-11/h2-4,6H,5H2,1H3. The van der Waals surface area contributed by atoms with Crippen LogP contribution in [-0.4, -0.2) is 13.4 Å². The highest BCUT2D eigenvalue weighted by molar-refractivity contribution is 9.10. The van der Waals surface area contributed by atoms with Gasteiger partial charge in [-0.05, 0) is 12.1 Å². The second-order valence-electron chi connectivity index (χ2n) is 2.29. The zero-order valence-electron chi connectivity index (χ0n) is 6.71. The van der Waals surface area contributed by atoms with Crippen molar-refractivity contribution in [1.29, 1.82) is 0 Å². The Bertz CT molecular complexity index is 284. The Morgan fingerprint density at radius 3 is 2.92 bits per heavy atom. The lowest BCUT2D eigenvalue weighted by molar-refractivity contribution is -0.107. The van der Waals surface area contributed by atoms with E-state index in [1.807, 2.05) is 18.2 Å². The van der Waals surface area contributed by atoms with E-state index in [0.29, 0.717) is 6.42 Å². The first-order valence-electron chi connectivity index (χ1n) is 3.54. The topological polar surface area (TPSA) is 26.3 Å². The van der Waals surface area contributed by atoms with E-state index in [1.165, 1.54) is 0 Å². The maximum absolute atomic E-state index is 10.3. The molecule has 0 unspecified atom stereocenters. The van der Waals surface area contributed by atoms with Crippen LogP contribution in [0.4, 0.5) is 0 Å². The highest BCUT2D eigenvalue weighted by atomic mass is 79.9. The highest BCUT2D eigenvalue weighted by Crippen LogP contribution is 2.26.